The Hall–Kier alpha value is -5.72. The number of amides is 4. The molecule has 3 aliphatic rings. The van der Waals surface area contributed by atoms with Crippen LogP contribution < -0.4 is 27.2 Å². The Kier molecular flexibility index (Phi) is 14.7. The van der Waals surface area contributed by atoms with E-state index in [0.29, 0.717) is 37.3 Å². The Balaban J connectivity index is 1.20. The van der Waals surface area contributed by atoms with Gasteiger partial charge < -0.3 is 45.5 Å². The lowest BCUT2D eigenvalue weighted by atomic mass is 9.85. The number of likely N-dealkylation sites (tertiary alicyclic amines) is 1. The van der Waals surface area contributed by atoms with Crippen molar-refractivity contribution in [2.24, 2.45) is 11.7 Å². The van der Waals surface area contributed by atoms with Crippen molar-refractivity contribution in [3.8, 4) is 11.4 Å². The second-order valence-corrected chi connectivity index (χ2v) is 17.1. The average molecular weight is 872 g/mol. The van der Waals surface area contributed by atoms with Gasteiger partial charge in [-0.3, -0.25) is 28.9 Å². The predicted molar refractivity (Wildman–Crippen MR) is 234 cm³/mol. The molecule has 1 aromatic carbocycles. The van der Waals surface area contributed by atoms with Crippen molar-refractivity contribution >= 4 is 46.5 Å². The summed E-state index contributed by atoms with van der Waals surface area (Å²) in [7, 11) is 5.62. The van der Waals surface area contributed by atoms with Crippen molar-refractivity contribution in [2.75, 3.05) is 60.4 Å². The molecule has 5 heterocycles. The van der Waals surface area contributed by atoms with Crippen molar-refractivity contribution in [1.82, 2.24) is 40.2 Å². The molecule has 0 spiro atoms. The molecular weight excluding hydrogens is 811 g/mol. The SMILES string of the molecule is CCc1c2c(nc3ccccc13)-c1cc3c(c(=O)n1C2)COC(=O)[C@@]3(CC)OC(=O)[C@@H](NC(=O)[C@@H]1CCCN1C(=O)[C@H](CC(N)=O)NC(=O)CN(C)CCN(C)CCNC)C(C)C. The number of nitrogens with one attached hydrogen (secondary N) is 3. The Morgan fingerprint density at radius 1 is 1.03 bits per heavy atom. The lowest BCUT2D eigenvalue weighted by Gasteiger charge is -2.37. The second kappa shape index (κ2) is 19.8. The van der Waals surface area contributed by atoms with Gasteiger partial charge in [-0.25, -0.2) is 14.6 Å². The van der Waals surface area contributed by atoms with Crippen LogP contribution in [0.3, 0.4) is 0 Å². The summed E-state index contributed by atoms with van der Waals surface area (Å²) in [5.41, 5.74) is 7.38. The van der Waals surface area contributed by atoms with Crippen LogP contribution in [0.1, 0.15) is 75.6 Å². The number of nitrogens with two attached hydrogens (primary N) is 1. The molecule has 18 nitrogen and oxygen atoms in total. The van der Waals surface area contributed by atoms with Crippen LogP contribution in [0.4, 0.5) is 0 Å². The summed E-state index contributed by atoms with van der Waals surface area (Å²) in [5.74, 6) is -4.94. The highest BCUT2D eigenvalue weighted by atomic mass is 16.6. The number of carbonyl (C=O) groups is 6. The van der Waals surface area contributed by atoms with Crippen molar-refractivity contribution in [3.05, 3.63) is 62.9 Å². The summed E-state index contributed by atoms with van der Waals surface area (Å²) in [4.78, 5) is 106. The van der Waals surface area contributed by atoms with Crippen LogP contribution in [-0.2, 0) is 63.4 Å². The number of esters is 2. The molecule has 2 aromatic heterocycles. The Morgan fingerprint density at radius 3 is 2.44 bits per heavy atom. The highest BCUT2D eigenvalue weighted by molar-refractivity contribution is 5.97. The van der Waals surface area contributed by atoms with Crippen LogP contribution in [-0.4, -0.2) is 138 Å². The van der Waals surface area contributed by atoms with Crippen molar-refractivity contribution in [2.45, 2.75) is 96.7 Å². The molecule has 4 atom stereocenters. The molecule has 0 radical (unpaired) electrons. The number of hydrogen-bond donors (Lipinski definition) is 4. The van der Waals surface area contributed by atoms with E-state index in [1.807, 2.05) is 38.4 Å². The molecule has 3 aromatic rings. The van der Waals surface area contributed by atoms with E-state index in [9.17, 15) is 33.6 Å². The first kappa shape index (κ1) is 46.8. The molecule has 340 valence electrons. The van der Waals surface area contributed by atoms with E-state index in [-0.39, 0.29) is 55.8 Å². The van der Waals surface area contributed by atoms with Crippen LogP contribution in [0.15, 0.2) is 35.1 Å². The Morgan fingerprint density at radius 2 is 1.76 bits per heavy atom. The van der Waals surface area contributed by atoms with Crippen LogP contribution in [0.2, 0.25) is 0 Å². The summed E-state index contributed by atoms with van der Waals surface area (Å²) >= 11 is 0. The minimum atomic E-state index is -2.02. The van der Waals surface area contributed by atoms with E-state index in [1.54, 1.807) is 43.4 Å². The fourth-order valence-electron chi connectivity index (χ4n) is 8.88. The third-order valence-electron chi connectivity index (χ3n) is 12.4. The summed E-state index contributed by atoms with van der Waals surface area (Å²) in [6.07, 6.45) is 0.840. The van der Waals surface area contributed by atoms with Gasteiger partial charge in [0.15, 0.2) is 0 Å². The van der Waals surface area contributed by atoms with E-state index in [4.69, 9.17) is 20.2 Å². The highest BCUT2D eigenvalue weighted by Crippen LogP contribution is 2.42. The molecular formula is C45H61N9O9. The third-order valence-corrected chi connectivity index (χ3v) is 12.4. The second-order valence-electron chi connectivity index (χ2n) is 17.1. The fraction of sp³-hybridized carbons (Fsp3) is 0.556. The van der Waals surface area contributed by atoms with E-state index < -0.39 is 71.6 Å². The molecule has 3 aliphatic heterocycles. The van der Waals surface area contributed by atoms with Crippen LogP contribution in [0, 0.1) is 5.92 Å². The number of cyclic esters (lactones) is 1. The number of fused-ring (bicyclic) bond motifs is 5. The lowest BCUT2D eigenvalue weighted by molar-refractivity contribution is -0.191. The molecule has 5 N–H and O–H groups in total. The molecule has 1 fully saturated rings. The number of likely N-dealkylation sites (N-methyl/N-ethyl adjacent to an activating group) is 3. The van der Waals surface area contributed by atoms with Gasteiger partial charge in [0.1, 0.15) is 24.7 Å². The minimum absolute atomic E-state index is 0.0413. The van der Waals surface area contributed by atoms with Crippen molar-refractivity contribution in [3.63, 3.8) is 0 Å². The maximum atomic E-state index is 14.3. The van der Waals surface area contributed by atoms with Gasteiger partial charge in [0.25, 0.3) is 5.56 Å². The molecule has 18 heteroatoms. The number of pyridine rings is 2. The molecule has 4 amide bonds. The van der Waals surface area contributed by atoms with Gasteiger partial charge in [0.2, 0.25) is 29.2 Å². The topological polar surface area (TPSA) is 228 Å². The van der Waals surface area contributed by atoms with Crippen LogP contribution in [0.5, 0.6) is 0 Å². The molecule has 1 saturated heterocycles. The number of carbonyl (C=O) groups excluding carboxylic acids is 6. The monoisotopic (exact) mass is 871 g/mol. The van der Waals surface area contributed by atoms with E-state index in [1.165, 1.54) is 4.90 Å². The number of nitrogens with zero attached hydrogens (tertiary/aromatic N) is 5. The molecule has 0 bridgehead atoms. The number of aromatic nitrogens is 2. The van der Waals surface area contributed by atoms with Gasteiger partial charge in [0, 0.05) is 49.2 Å². The molecule has 63 heavy (non-hydrogen) atoms. The molecule has 6 rings (SSSR count). The Bertz CT molecular complexity index is 2330. The number of para-hydroxylation sites is 1. The number of aryl methyl sites for hydroxylation is 1. The number of primary amides is 1. The first-order valence-electron chi connectivity index (χ1n) is 21.8. The Labute approximate surface area is 367 Å². The van der Waals surface area contributed by atoms with E-state index in [0.717, 1.165) is 35.1 Å². The maximum Gasteiger partial charge on any atom is 0.355 e. The molecule has 0 unspecified atom stereocenters. The van der Waals surface area contributed by atoms with E-state index >= 15 is 0 Å². The fourth-order valence-corrected chi connectivity index (χ4v) is 8.88. The summed E-state index contributed by atoms with van der Waals surface area (Å²) < 4.78 is 13.4. The maximum absolute atomic E-state index is 14.3. The van der Waals surface area contributed by atoms with Crippen molar-refractivity contribution < 1.29 is 38.2 Å². The molecule has 0 aliphatic carbocycles. The lowest BCUT2D eigenvalue weighted by Crippen LogP contribution is -2.58. The largest absolute Gasteiger partial charge is 0.457 e. The van der Waals surface area contributed by atoms with Gasteiger partial charge >= 0.3 is 11.9 Å². The zero-order chi connectivity index (χ0) is 45.7. The van der Waals surface area contributed by atoms with Gasteiger partial charge in [-0.15, -0.1) is 0 Å². The van der Waals surface area contributed by atoms with Crippen molar-refractivity contribution in [1.29, 1.82) is 0 Å². The quantitative estimate of drug-likeness (QED) is 0.0957. The van der Waals surface area contributed by atoms with E-state index in [2.05, 4.69) is 27.8 Å². The smallest absolute Gasteiger partial charge is 0.355 e. The summed E-state index contributed by atoms with van der Waals surface area (Å²) in [6.45, 7) is 10.1. The number of rotatable bonds is 19. The van der Waals surface area contributed by atoms with Gasteiger partial charge in [-0.2, -0.15) is 0 Å². The van der Waals surface area contributed by atoms with Gasteiger partial charge in [-0.05, 0) is 70.4 Å². The average Bonchev–Trinajstić information content (AvgIpc) is 3.89. The third kappa shape index (κ3) is 9.62. The van der Waals surface area contributed by atoms with Gasteiger partial charge in [0.05, 0.1) is 42.0 Å². The summed E-state index contributed by atoms with van der Waals surface area (Å²) in [6, 6.07) is 5.82. The van der Waals surface area contributed by atoms with Crippen LogP contribution in [0.25, 0.3) is 22.3 Å². The highest BCUT2D eigenvalue weighted by Gasteiger charge is 2.52. The summed E-state index contributed by atoms with van der Waals surface area (Å²) in [5, 5.41) is 9.50. The zero-order valence-corrected chi connectivity index (χ0v) is 37.4. The first-order valence-corrected chi connectivity index (χ1v) is 21.8. The number of benzene rings is 1. The van der Waals surface area contributed by atoms with Gasteiger partial charge in [-0.1, -0.05) is 45.9 Å². The number of ether oxygens (including phenoxy) is 2. The minimum Gasteiger partial charge on any atom is -0.457 e. The first-order chi connectivity index (χ1) is 30.0. The normalized spacial score (nSPS) is 18.8. The zero-order valence-electron chi connectivity index (χ0n) is 37.4. The standard InChI is InChI=1S/C45H61N9O9/c1-8-27-28-13-10-11-14-32(28)49-39-29(27)23-54-35(39)21-31-30(41(54)58)25-62-44(61)45(31,9-2)63-43(60)38(26(3)4)50-40(57)34-15-12-17-53(34)42(59)33(22-36(46)55)48-37(56)24-52(7)20-19-51(6)18-16-47-5/h10-11,13-14,21,26,33-34,38,47H,8-9,12,15-20,22-25H2,1-7H3,(H2,46,55)(H,48,56)(H,50,57)/t33-,34-,38-,45-/m0/s1. The predicted octanol–water partition coefficient (Wildman–Crippen LogP) is 0.768. The number of hydrogen-bond acceptors (Lipinski definition) is 13. The molecule has 0 saturated carbocycles. The van der Waals surface area contributed by atoms with Crippen LogP contribution >= 0.6 is 0 Å².